The Hall–Kier alpha value is -2.27. The van der Waals surface area contributed by atoms with Gasteiger partial charge in [0.05, 0.1) is 5.75 Å². The lowest BCUT2D eigenvalue weighted by Gasteiger charge is -2.32. The van der Waals surface area contributed by atoms with Crippen LogP contribution in [0.4, 0.5) is 0 Å². The number of benzene rings is 2. The van der Waals surface area contributed by atoms with Gasteiger partial charge in [0.1, 0.15) is 6.04 Å². The molecule has 0 radical (unpaired) electrons. The van der Waals surface area contributed by atoms with Crippen molar-refractivity contribution in [3.05, 3.63) is 70.8 Å². The van der Waals surface area contributed by atoms with E-state index in [0.717, 1.165) is 25.0 Å². The van der Waals surface area contributed by atoms with Crippen LogP contribution in [0, 0.1) is 13.8 Å². The van der Waals surface area contributed by atoms with Crippen molar-refractivity contribution in [1.29, 1.82) is 0 Å². The van der Waals surface area contributed by atoms with Crippen molar-refractivity contribution in [3.8, 4) is 0 Å². The highest BCUT2D eigenvalue weighted by molar-refractivity contribution is 7.99. The van der Waals surface area contributed by atoms with Crippen LogP contribution in [0.25, 0.3) is 0 Å². The minimum Gasteiger partial charge on any atom is -0.352 e. The lowest BCUT2D eigenvalue weighted by atomic mass is 9.95. The number of carbonyl (C=O) groups is 2. The van der Waals surface area contributed by atoms with Gasteiger partial charge in [0.2, 0.25) is 11.8 Å². The summed E-state index contributed by atoms with van der Waals surface area (Å²) in [5.74, 6) is 1.24. The lowest BCUT2D eigenvalue weighted by Crippen LogP contribution is -2.52. The molecule has 1 N–H and O–H groups in total. The predicted molar refractivity (Wildman–Crippen MR) is 143 cm³/mol. The number of hydrogen-bond donors (Lipinski definition) is 1. The molecular weight excluding hydrogens is 440 g/mol. The fourth-order valence-corrected chi connectivity index (χ4v) is 5.78. The van der Waals surface area contributed by atoms with Gasteiger partial charge in [-0.05, 0) is 50.7 Å². The van der Waals surface area contributed by atoms with Crippen molar-refractivity contribution in [2.45, 2.75) is 83.6 Å². The fraction of sp³-hybridized carbons (Fsp3) is 0.517. The summed E-state index contributed by atoms with van der Waals surface area (Å²) in [6, 6.07) is 16.6. The maximum atomic E-state index is 13.4. The van der Waals surface area contributed by atoms with Crippen LogP contribution in [0.5, 0.6) is 0 Å². The van der Waals surface area contributed by atoms with E-state index in [2.05, 4.69) is 49.5 Å². The van der Waals surface area contributed by atoms with Crippen LogP contribution in [0.2, 0.25) is 0 Å². The molecule has 2 amide bonds. The Balaban J connectivity index is 1.65. The number of carbonyl (C=O) groups excluding carboxylic acids is 2. The van der Waals surface area contributed by atoms with Gasteiger partial charge in [-0.2, -0.15) is 0 Å². The monoisotopic (exact) mass is 480 g/mol. The number of thioether (sulfide) groups is 1. The topological polar surface area (TPSA) is 49.4 Å². The minimum atomic E-state index is -0.417. The Bertz CT molecular complexity index is 905. The molecule has 184 valence electrons. The van der Waals surface area contributed by atoms with E-state index in [-0.39, 0.29) is 17.9 Å². The third-order valence-electron chi connectivity index (χ3n) is 6.60. The molecule has 2 aromatic carbocycles. The standard InChI is InChI=1S/C29H40N2O2S/c1-4-27(29(33)30-26-13-9-6-10-14-26)31(16-15-24-11-7-5-8-12-24)28(32)21-34-20-25-18-22(2)17-23(3)19-25/h5,7-8,11-12,17-19,26-27H,4,6,9-10,13-16,20-21H2,1-3H3,(H,30,33)/t27-/m1/s1. The van der Waals surface area contributed by atoms with Gasteiger partial charge < -0.3 is 10.2 Å². The average Bonchev–Trinajstić information content (AvgIpc) is 2.82. The van der Waals surface area contributed by atoms with Crippen molar-refractivity contribution < 1.29 is 9.59 Å². The second kappa shape index (κ2) is 13.6. The van der Waals surface area contributed by atoms with Crippen molar-refractivity contribution in [2.24, 2.45) is 0 Å². The number of nitrogens with zero attached hydrogens (tertiary/aromatic N) is 1. The van der Waals surface area contributed by atoms with Crippen LogP contribution < -0.4 is 5.32 Å². The molecule has 0 aliphatic heterocycles. The summed E-state index contributed by atoms with van der Waals surface area (Å²) >= 11 is 1.63. The second-order valence-electron chi connectivity index (χ2n) is 9.58. The number of amides is 2. The molecule has 0 heterocycles. The number of rotatable bonds is 11. The summed E-state index contributed by atoms with van der Waals surface area (Å²) in [7, 11) is 0. The highest BCUT2D eigenvalue weighted by Crippen LogP contribution is 2.20. The molecule has 0 spiro atoms. The first-order valence-corrected chi connectivity index (χ1v) is 13.9. The normalized spacial score (nSPS) is 15.0. The van der Waals surface area contributed by atoms with E-state index in [4.69, 9.17) is 0 Å². The molecule has 1 aliphatic rings. The van der Waals surface area contributed by atoms with Crippen LogP contribution in [0.3, 0.4) is 0 Å². The van der Waals surface area contributed by atoms with E-state index in [0.29, 0.717) is 18.7 Å². The van der Waals surface area contributed by atoms with Crippen LogP contribution in [-0.2, 0) is 21.8 Å². The maximum Gasteiger partial charge on any atom is 0.243 e. The number of hydrogen-bond acceptors (Lipinski definition) is 3. The van der Waals surface area contributed by atoms with E-state index >= 15 is 0 Å². The van der Waals surface area contributed by atoms with Gasteiger partial charge in [0.25, 0.3) is 0 Å². The molecule has 4 nitrogen and oxygen atoms in total. The summed E-state index contributed by atoms with van der Waals surface area (Å²) in [6.07, 6.45) is 7.07. The van der Waals surface area contributed by atoms with Gasteiger partial charge in [-0.25, -0.2) is 0 Å². The molecule has 1 saturated carbocycles. The summed E-state index contributed by atoms with van der Waals surface area (Å²) in [5, 5.41) is 3.26. The van der Waals surface area contributed by atoms with Crippen LogP contribution in [0.15, 0.2) is 48.5 Å². The molecule has 1 atom stereocenters. The average molecular weight is 481 g/mol. The zero-order valence-electron chi connectivity index (χ0n) is 21.0. The molecular formula is C29H40N2O2S. The SMILES string of the molecule is CC[C@H](C(=O)NC1CCCCC1)N(CCc1ccccc1)C(=O)CSCc1cc(C)cc(C)c1. The first-order valence-electron chi connectivity index (χ1n) is 12.7. The lowest BCUT2D eigenvalue weighted by molar-refractivity contribution is -0.139. The van der Waals surface area contributed by atoms with Crippen molar-refractivity contribution in [3.63, 3.8) is 0 Å². The van der Waals surface area contributed by atoms with Crippen molar-refractivity contribution in [1.82, 2.24) is 10.2 Å². The molecule has 0 bridgehead atoms. The van der Waals surface area contributed by atoms with Gasteiger partial charge in [-0.3, -0.25) is 9.59 Å². The van der Waals surface area contributed by atoms with E-state index in [1.165, 1.54) is 41.5 Å². The van der Waals surface area contributed by atoms with E-state index < -0.39 is 6.04 Å². The van der Waals surface area contributed by atoms with Gasteiger partial charge in [0.15, 0.2) is 0 Å². The maximum absolute atomic E-state index is 13.4. The molecule has 2 aromatic rings. The van der Waals surface area contributed by atoms with E-state index in [1.54, 1.807) is 11.8 Å². The summed E-state index contributed by atoms with van der Waals surface area (Å²) in [5.41, 5.74) is 4.92. The number of nitrogens with one attached hydrogen (secondary N) is 1. The quantitative estimate of drug-likeness (QED) is 0.440. The van der Waals surface area contributed by atoms with Crippen molar-refractivity contribution >= 4 is 23.6 Å². The Kier molecular flexibility index (Phi) is 10.5. The zero-order valence-corrected chi connectivity index (χ0v) is 21.8. The van der Waals surface area contributed by atoms with E-state index in [1.807, 2.05) is 30.0 Å². The highest BCUT2D eigenvalue weighted by Gasteiger charge is 2.29. The molecule has 0 unspecified atom stereocenters. The first kappa shape index (κ1) is 26.3. The summed E-state index contributed by atoms with van der Waals surface area (Å²) < 4.78 is 0. The van der Waals surface area contributed by atoms with Crippen molar-refractivity contribution in [2.75, 3.05) is 12.3 Å². The molecule has 0 saturated heterocycles. The first-order chi connectivity index (χ1) is 16.5. The Morgan fingerprint density at radius 3 is 2.32 bits per heavy atom. The number of aryl methyl sites for hydroxylation is 2. The predicted octanol–water partition coefficient (Wildman–Crippen LogP) is 5.84. The van der Waals surface area contributed by atoms with Gasteiger partial charge in [-0.15, -0.1) is 11.8 Å². The molecule has 1 fully saturated rings. The molecule has 1 aliphatic carbocycles. The molecule has 34 heavy (non-hydrogen) atoms. The van der Waals surface area contributed by atoms with E-state index in [9.17, 15) is 9.59 Å². The van der Waals surface area contributed by atoms with Gasteiger partial charge in [0, 0.05) is 18.3 Å². The Labute approximate surface area is 209 Å². The van der Waals surface area contributed by atoms with Crippen LogP contribution in [-0.4, -0.2) is 41.1 Å². The Morgan fingerprint density at radius 1 is 1.00 bits per heavy atom. The summed E-state index contributed by atoms with van der Waals surface area (Å²) in [6.45, 7) is 6.78. The third kappa shape index (κ3) is 8.19. The van der Waals surface area contributed by atoms with Gasteiger partial charge in [-0.1, -0.05) is 85.8 Å². The van der Waals surface area contributed by atoms with Crippen LogP contribution in [0.1, 0.15) is 67.7 Å². The smallest absolute Gasteiger partial charge is 0.243 e. The van der Waals surface area contributed by atoms with Gasteiger partial charge >= 0.3 is 0 Å². The largest absolute Gasteiger partial charge is 0.352 e. The molecule has 3 rings (SSSR count). The molecule has 0 aromatic heterocycles. The minimum absolute atomic E-state index is 0.00937. The second-order valence-corrected chi connectivity index (χ2v) is 10.6. The highest BCUT2D eigenvalue weighted by atomic mass is 32.2. The van der Waals surface area contributed by atoms with Crippen LogP contribution >= 0.6 is 11.8 Å². The summed E-state index contributed by atoms with van der Waals surface area (Å²) in [4.78, 5) is 28.5. The Morgan fingerprint density at radius 2 is 1.68 bits per heavy atom. The fourth-order valence-electron chi connectivity index (χ4n) is 4.93. The third-order valence-corrected chi connectivity index (χ3v) is 7.59. The zero-order chi connectivity index (χ0) is 24.3. The molecule has 5 heteroatoms.